The lowest BCUT2D eigenvalue weighted by atomic mass is 9.95. The topological polar surface area (TPSA) is 124 Å². The molecule has 0 amide bonds. The van der Waals surface area contributed by atoms with Crippen molar-refractivity contribution < 1.29 is 38.0 Å². The van der Waals surface area contributed by atoms with Crippen molar-refractivity contribution in [1.29, 1.82) is 0 Å². The van der Waals surface area contributed by atoms with E-state index >= 15 is 0 Å². The molecular formula is C33H38N2O9S. The lowest BCUT2D eigenvalue weighted by molar-refractivity contribution is -0.143. The molecule has 1 aromatic heterocycles. The lowest BCUT2D eigenvalue weighted by Gasteiger charge is -2.25. The molecule has 0 N–H and O–H groups in total. The van der Waals surface area contributed by atoms with Crippen LogP contribution < -0.4 is 33.8 Å². The molecule has 0 saturated heterocycles. The van der Waals surface area contributed by atoms with Crippen LogP contribution in [0.15, 0.2) is 57.5 Å². The highest BCUT2D eigenvalue weighted by molar-refractivity contribution is 7.07. The quantitative estimate of drug-likeness (QED) is 0.256. The van der Waals surface area contributed by atoms with E-state index in [2.05, 4.69) is 9.73 Å². The molecule has 11 nitrogen and oxygen atoms in total. The molecule has 2 atom stereocenters. The van der Waals surface area contributed by atoms with E-state index in [0.717, 1.165) is 12.0 Å². The summed E-state index contributed by atoms with van der Waals surface area (Å²) in [6.45, 7) is 9.41. The molecule has 45 heavy (non-hydrogen) atoms. The molecule has 240 valence electrons. The fourth-order valence-corrected chi connectivity index (χ4v) is 5.75. The molecule has 12 heteroatoms. The Hall–Kier alpha value is -4.58. The second kappa shape index (κ2) is 14.9. The van der Waals surface area contributed by atoms with Crippen LogP contribution in [-0.2, 0) is 19.1 Å². The zero-order valence-electron chi connectivity index (χ0n) is 26.5. The predicted octanol–water partition coefficient (Wildman–Crippen LogP) is 3.93. The molecule has 0 spiro atoms. The number of carbonyl (C=O) groups is 2. The third-order valence-corrected chi connectivity index (χ3v) is 8.05. The van der Waals surface area contributed by atoms with Crippen LogP contribution in [0.4, 0.5) is 0 Å². The van der Waals surface area contributed by atoms with E-state index in [1.807, 2.05) is 39.0 Å². The number of thiazole rings is 1. The monoisotopic (exact) mass is 638 g/mol. The number of hydrogen-bond acceptors (Lipinski definition) is 11. The first-order valence-electron chi connectivity index (χ1n) is 14.7. The van der Waals surface area contributed by atoms with E-state index in [4.69, 9.17) is 23.7 Å². The largest absolute Gasteiger partial charge is 0.493 e. The molecule has 0 radical (unpaired) electrons. The molecule has 1 aliphatic rings. The summed E-state index contributed by atoms with van der Waals surface area (Å²) in [7, 11) is 2.84. The number of ether oxygens (including phenoxy) is 6. The van der Waals surface area contributed by atoms with Crippen molar-refractivity contribution in [2.45, 2.75) is 53.2 Å². The van der Waals surface area contributed by atoms with Gasteiger partial charge in [-0.05, 0) is 75.6 Å². The number of rotatable bonds is 13. The molecule has 0 unspecified atom stereocenters. The first kappa shape index (κ1) is 33.3. The smallest absolute Gasteiger partial charge is 0.343 e. The molecule has 0 fully saturated rings. The minimum absolute atomic E-state index is 0.0157. The maximum Gasteiger partial charge on any atom is 0.343 e. The Bertz CT molecular complexity index is 1770. The Morgan fingerprint density at radius 3 is 2.42 bits per heavy atom. The zero-order valence-corrected chi connectivity index (χ0v) is 27.3. The van der Waals surface area contributed by atoms with Crippen molar-refractivity contribution in [3.63, 3.8) is 0 Å². The minimum Gasteiger partial charge on any atom is -0.493 e. The highest BCUT2D eigenvalue weighted by atomic mass is 32.1. The average Bonchev–Trinajstić information content (AvgIpc) is 3.33. The Morgan fingerprint density at radius 2 is 1.76 bits per heavy atom. The molecule has 0 aliphatic carbocycles. The van der Waals surface area contributed by atoms with Crippen LogP contribution in [0.5, 0.6) is 23.0 Å². The maximum absolute atomic E-state index is 14.1. The summed E-state index contributed by atoms with van der Waals surface area (Å²) < 4.78 is 35.0. The van der Waals surface area contributed by atoms with Gasteiger partial charge in [0.15, 0.2) is 34.4 Å². The van der Waals surface area contributed by atoms with E-state index in [-0.39, 0.29) is 30.5 Å². The molecule has 4 rings (SSSR count). The van der Waals surface area contributed by atoms with Crippen LogP contribution in [0.25, 0.3) is 6.08 Å². The van der Waals surface area contributed by atoms with Crippen LogP contribution in [0.2, 0.25) is 0 Å². The van der Waals surface area contributed by atoms with Gasteiger partial charge in [-0.25, -0.2) is 14.6 Å². The number of methoxy groups -OCH3 is 2. The van der Waals surface area contributed by atoms with E-state index in [1.165, 1.54) is 23.0 Å². The van der Waals surface area contributed by atoms with Crippen LogP contribution >= 0.6 is 11.3 Å². The third-order valence-electron chi connectivity index (χ3n) is 7.06. The van der Waals surface area contributed by atoms with Gasteiger partial charge in [0.05, 0.1) is 55.4 Å². The number of fused-ring (bicyclic) bond motifs is 1. The third kappa shape index (κ3) is 7.39. The molecular weight excluding hydrogens is 600 g/mol. The van der Waals surface area contributed by atoms with Crippen molar-refractivity contribution in [1.82, 2.24) is 4.57 Å². The average molecular weight is 639 g/mol. The number of carbonyl (C=O) groups excluding carboxylic acids is 2. The van der Waals surface area contributed by atoms with E-state index < -0.39 is 18.0 Å². The second-order valence-electron chi connectivity index (χ2n) is 10.1. The maximum atomic E-state index is 14.1. The van der Waals surface area contributed by atoms with E-state index in [1.54, 1.807) is 45.2 Å². The van der Waals surface area contributed by atoms with Crippen molar-refractivity contribution >= 4 is 29.4 Å². The Balaban J connectivity index is 1.86. The number of nitrogens with zero attached hydrogens (tertiary/aromatic N) is 2. The van der Waals surface area contributed by atoms with Gasteiger partial charge in [0.25, 0.3) is 5.56 Å². The first-order valence-corrected chi connectivity index (χ1v) is 15.5. The fraction of sp³-hybridized carbons (Fsp3) is 0.394. The normalized spacial score (nSPS) is 15.1. The van der Waals surface area contributed by atoms with Gasteiger partial charge in [0.2, 0.25) is 0 Å². The molecule has 2 heterocycles. The van der Waals surface area contributed by atoms with Gasteiger partial charge in [-0.3, -0.25) is 9.36 Å². The number of allylic oxidation sites excluding steroid dienone is 1. The van der Waals surface area contributed by atoms with Gasteiger partial charge in [-0.2, -0.15) is 0 Å². The Kier molecular flexibility index (Phi) is 11.1. The second-order valence-corrected chi connectivity index (χ2v) is 11.1. The number of benzene rings is 2. The number of esters is 2. The molecule has 0 saturated carbocycles. The first-order chi connectivity index (χ1) is 21.6. The SMILES string of the molecule is CCOC(=O)C1=C(C)N=c2s/c(=C\c3ccc(O[C@@H](C)CC)c(OC)c3)c(=O)n2[C@@H]1c1ccc(OCC(=O)OC)c(OCC)c1. The summed E-state index contributed by atoms with van der Waals surface area (Å²) in [4.78, 5) is 44.1. The fourth-order valence-electron chi connectivity index (χ4n) is 4.71. The van der Waals surface area contributed by atoms with Crippen LogP contribution in [0.3, 0.4) is 0 Å². The molecule has 3 aromatic rings. The molecule has 0 bridgehead atoms. The Morgan fingerprint density at radius 1 is 1.00 bits per heavy atom. The lowest BCUT2D eigenvalue weighted by Crippen LogP contribution is -2.40. The van der Waals surface area contributed by atoms with Gasteiger partial charge in [-0.1, -0.05) is 30.4 Å². The zero-order chi connectivity index (χ0) is 32.7. The van der Waals surface area contributed by atoms with Gasteiger partial charge in [0, 0.05) is 0 Å². The number of hydrogen-bond donors (Lipinski definition) is 0. The van der Waals surface area contributed by atoms with Gasteiger partial charge >= 0.3 is 11.9 Å². The predicted molar refractivity (Wildman–Crippen MR) is 169 cm³/mol. The van der Waals surface area contributed by atoms with Gasteiger partial charge < -0.3 is 28.4 Å². The minimum atomic E-state index is -0.864. The summed E-state index contributed by atoms with van der Waals surface area (Å²) >= 11 is 1.21. The Labute approximate surface area is 265 Å². The van der Waals surface area contributed by atoms with Crippen LogP contribution in [-0.4, -0.2) is 56.6 Å². The molecule has 1 aliphatic heterocycles. The molecule has 2 aromatic carbocycles. The van der Waals surface area contributed by atoms with Crippen LogP contribution in [0.1, 0.15) is 58.2 Å². The standard InChI is InChI=1S/C33H38N2O9S/c1-8-19(4)44-24-13-11-21(15-25(24)39-6)16-27-31(37)35-30(29(32(38)42-10-3)20(5)34-33(35)45-27)22-12-14-23(26(17-22)41-9-2)43-18-28(36)40-7/h11-17,19,30H,8-10,18H2,1-7H3/b27-16-/t19-,30+/m0/s1. The highest BCUT2D eigenvalue weighted by Crippen LogP contribution is 2.36. The van der Waals surface area contributed by atoms with Crippen LogP contribution in [0, 0.1) is 0 Å². The summed E-state index contributed by atoms with van der Waals surface area (Å²) in [5.74, 6) is 0.685. The summed E-state index contributed by atoms with van der Waals surface area (Å²) in [6, 6.07) is 9.66. The highest BCUT2D eigenvalue weighted by Gasteiger charge is 2.34. The summed E-state index contributed by atoms with van der Waals surface area (Å²) in [5.41, 5.74) is 1.64. The van der Waals surface area contributed by atoms with E-state index in [9.17, 15) is 14.4 Å². The van der Waals surface area contributed by atoms with Crippen molar-refractivity contribution in [3.8, 4) is 23.0 Å². The van der Waals surface area contributed by atoms with E-state index in [0.29, 0.717) is 50.2 Å². The summed E-state index contributed by atoms with van der Waals surface area (Å²) in [5, 5.41) is 0. The van der Waals surface area contributed by atoms with Crippen molar-refractivity contribution in [2.24, 2.45) is 4.99 Å². The summed E-state index contributed by atoms with van der Waals surface area (Å²) in [6.07, 6.45) is 2.62. The van der Waals surface area contributed by atoms with Gasteiger partial charge in [0.1, 0.15) is 0 Å². The van der Waals surface area contributed by atoms with Crippen molar-refractivity contribution in [2.75, 3.05) is 34.0 Å². The van der Waals surface area contributed by atoms with Gasteiger partial charge in [-0.15, -0.1) is 0 Å². The number of aromatic nitrogens is 1. The van der Waals surface area contributed by atoms with Crippen molar-refractivity contribution in [3.05, 3.63) is 78.5 Å².